The number of hydrogen-bond donors (Lipinski definition) is 11. The summed E-state index contributed by atoms with van der Waals surface area (Å²) in [6.07, 6.45) is -4.79. The van der Waals surface area contributed by atoms with Gasteiger partial charge in [0.05, 0.1) is 30.1 Å². The molecular weight excluding hydrogens is 1380 g/mol. The molecule has 7 heterocycles. The van der Waals surface area contributed by atoms with Gasteiger partial charge < -0.3 is 100 Å². The number of primary amides is 6. The van der Waals surface area contributed by atoms with E-state index in [1.165, 1.54) is 17.8 Å². The Morgan fingerprint density at radius 2 is 1.36 bits per heavy atom. The van der Waals surface area contributed by atoms with Crippen molar-refractivity contribution >= 4 is 95.5 Å². The quantitative estimate of drug-likeness (QED) is 0.0472. The van der Waals surface area contributed by atoms with Gasteiger partial charge in [0, 0.05) is 125 Å². The van der Waals surface area contributed by atoms with E-state index in [9.17, 15) is 53.2 Å². The minimum atomic E-state index is -5.32. The minimum Gasteiger partial charge on any atom is -0.756 e. The number of amides is 7. The van der Waals surface area contributed by atoms with Crippen LogP contribution in [0.25, 0.3) is 16.4 Å². The number of nitrogens with one attached hydrogen (secondary N) is 1. The number of ether oxygens (including phenoxy) is 1. The smallest absolute Gasteiger partial charge is 0.756 e. The second kappa shape index (κ2) is 31.5. The van der Waals surface area contributed by atoms with Crippen molar-refractivity contribution in [2.24, 2.45) is 94.7 Å². The molecule has 6 aliphatic rings. The molecule has 17 N–H and O–H groups in total. The summed E-state index contributed by atoms with van der Waals surface area (Å²) in [5.41, 5.74) is 36.7. The first-order chi connectivity index (χ1) is 44.8. The number of aliphatic hydroxyl groups excluding tert-OH is 2. The molecule has 0 saturated carbocycles. The Bertz CT molecular complexity index is 3790. The molecule has 0 radical (unpaired) electrons. The number of carbonyl (C=O) groups excluding carboxylic acids is 7. The third kappa shape index (κ3) is 17.4. The molecule has 0 aliphatic carbocycles. The topological polar surface area (TPSA) is 546 Å². The van der Waals surface area contributed by atoms with E-state index < -0.39 is 150 Å². The maximum atomic E-state index is 14.4. The Morgan fingerprint density at radius 1 is 0.806 bits per heavy atom. The summed E-state index contributed by atoms with van der Waals surface area (Å²) in [4.78, 5) is 143. The van der Waals surface area contributed by atoms with E-state index in [2.05, 4.69) is 21.5 Å². The molecule has 2 aromatic rings. The molecule has 1 aromatic carbocycles. The van der Waals surface area contributed by atoms with Gasteiger partial charge in [0.25, 0.3) is 7.82 Å². The first-order valence-corrected chi connectivity index (χ1v) is 35.4. The molecule has 7 amide bonds. The number of aliphatic hydroxyl groups is 2. The molecule has 2 fully saturated rings. The first kappa shape index (κ1) is 82.1. The van der Waals surface area contributed by atoms with Crippen LogP contribution in [0.5, 0.6) is 0 Å². The van der Waals surface area contributed by atoms with Crippen LogP contribution in [0.1, 0.15) is 150 Å². The fraction of sp³-hybridized carbons (Fsp3) is 0.619. The number of rotatable bonds is 26. The third-order valence-corrected chi connectivity index (χ3v) is 21.6. The van der Waals surface area contributed by atoms with Gasteiger partial charge in [-0.1, -0.05) is 47.1 Å². The van der Waals surface area contributed by atoms with Crippen molar-refractivity contribution in [1.82, 2.24) is 14.9 Å². The summed E-state index contributed by atoms with van der Waals surface area (Å²) in [5.74, 6) is -7.40. The van der Waals surface area contributed by atoms with Crippen LogP contribution in [0.3, 0.4) is 0 Å². The SMILES string of the molecule is C/C1=C2N=C(/C=C3N=C(/C(C)=C4\[N-][C@@](C)([C@@H]5N=C1[C@](C)(CCC(=O)NCC(C)OP(=O)([O-])O[C@H]1[C@@H](O)[C@@H](n6cnc7cc(C)c(C)cc76)O[C@@H]1CO)[C@H]5CC(N)=O)[C@@](C)(CC(N)=O)[C@@H]4CCC(N)=O)[C@@](C)(CC(N)=O)[C@@H]\3CCC(N)=O)C(C)(C)[C@@H]/2CCC(N)=O.O=P(O)(O)Cl.[C-]#N.[Co+3]. The first-order valence-electron chi connectivity index (χ1n) is 31.5. The predicted molar refractivity (Wildman–Crippen MR) is 354 cm³/mol. The molecule has 0 spiro atoms. The molecule has 8 rings (SSSR count). The van der Waals surface area contributed by atoms with E-state index in [0.717, 1.165) is 11.1 Å². The number of aromatic nitrogens is 2. The normalized spacial score (nSPS) is 32.1. The van der Waals surface area contributed by atoms with Gasteiger partial charge in [0.2, 0.25) is 41.4 Å². The molecule has 6 aliphatic heterocycles. The number of benzene rings is 1. The number of fused-ring (bicyclic) bond motifs is 7. The maximum Gasteiger partial charge on any atom is 3.00 e. The number of phosphoric ester groups is 1. The fourth-order valence-corrected chi connectivity index (χ4v) is 16.4. The molecular formula is C63H90ClCoN14O17P2. The number of allylic oxidation sites excluding steroid dienone is 6. The van der Waals surface area contributed by atoms with Gasteiger partial charge >= 0.3 is 23.7 Å². The Kier molecular flexibility index (Phi) is 26.4. The largest absolute Gasteiger partial charge is 3.00 e. The number of halogens is 1. The molecule has 15 atom stereocenters. The number of nitrogens with zero attached hydrogens (tertiary/aromatic N) is 7. The second-order valence-corrected chi connectivity index (χ2v) is 31.0. The molecule has 2 unspecified atom stereocenters. The monoisotopic (exact) mass is 1470 g/mol. The van der Waals surface area contributed by atoms with Gasteiger partial charge in [0.15, 0.2) is 6.23 Å². The maximum absolute atomic E-state index is 14.4. The van der Waals surface area contributed by atoms with Crippen molar-refractivity contribution < 1.29 is 98.1 Å². The molecule has 31 nitrogen and oxygen atoms in total. The Balaban J connectivity index is 0.00000207. The molecule has 1 aromatic heterocycles. The minimum absolute atomic E-state index is 0. The van der Waals surface area contributed by atoms with Crippen LogP contribution in [0.2, 0.25) is 0 Å². The van der Waals surface area contributed by atoms with E-state index in [-0.39, 0.29) is 94.0 Å². The fourth-order valence-electron chi connectivity index (χ4n) is 15.3. The van der Waals surface area contributed by atoms with Crippen LogP contribution in [0.4, 0.5) is 0 Å². The number of carbonyl (C=O) groups is 7. The van der Waals surface area contributed by atoms with Gasteiger partial charge in [-0.3, -0.25) is 53.1 Å². The zero-order valence-electron chi connectivity index (χ0n) is 56.6. The summed E-state index contributed by atoms with van der Waals surface area (Å²) < 4.78 is 41.0. The van der Waals surface area contributed by atoms with Crippen molar-refractivity contribution in [3.05, 3.63) is 75.8 Å². The third-order valence-electron chi connectivity index (χ3n) is 20.5. The number of aliphatic imine (C=N–C) groups is 3. The van der Waals surface area contributed by atoms with Crippen LogP contribution >= 0.6 is 26.0 Å². The zero-order valence-corrected chi connectivity index (χ0v) is 60.2. The standard InChI is InChI=1S/C62H90N13O14P.CN.ClH2O3P.Co/c1-29-20-39-40(21-30(29)2)75(28-70-39)57-52(84)53(41(27-76)87-57)89-90(85,86)88-31(3)26-69-49(83)18-19-59(8)37(22-46(66)80)56-62(11)61(10,25-48(68)82)36(14-17-45(65)79)51(74-62)33(5)55-60(9,24-47(67)81)34(12-15-43(63)77)38(71-55)23-42-58(6,7)35(13-16-44(64)78)50(72-42)32(4)54(59)73-56;1-2;1-5(2,3)4;/h20-21,23,28,31,34-37,41,52-53,56-57,76,84H,12-19,22,24-27H2,1-11H3,(H15,63,64,65,66,67,68,69,71,72,73,74,77,78,79,80,81,82,83,85,86);;(H2,2,3,4);/q;-1;;+3/p-2/t31?,34-,35-,36-,37+,41-,52-,53-,56-,57+,59-,60+,61+,62+;;;/m1.../s1. The van der Waals surface area contributed by atoms with Crippen LogP contribution in [-0.2, 0) is 73.3 Å². The molecule has 35 heteroatoms. The van der Waals surface area contributed by atoms with Crippen molar-refractivity contribution in [2.45, 2.75) is 189 Å². The van der Waals surface area contributed by atoms with Gasteiger partial charge in [-0.15, -0.1) is 0 Å². The van der Waals surface area contributed by atoms with Crippen molar-refractivity contribution in [1.29, 1.82) is 5.26 Å². The number of hydrogen-bond acceptors (Lipinski definition) is 20. The van der Waals surface area contributed by atoms with Gasteiger partial charge in [-0.05, 0) is 118 Å². The molecule has 540 valence electrons. The summed E-state index contributed by atoms with van der Waals surface area (Å²) in [5, 5.41) is 36.4. The number of phosphoric acid groups is 1. The Labute approximate surface area is 583 Å². The van der Waals surface area contributed by atoms with Crippen LogP contribution in [0, 0.1) is 71.0 Å². The van der Waals surface area contributed by atoms with E-state index >= 15 is 0 Å². The van der Waals surface area contributed by atoms with Gasteiger partial charge in [0.1, 0.15) is 18.3 Å². The molecule has 98 heavy (non-hydrogen) atoms. The summed E-state index contributed by atoms with van der Waals surface area (Å²) in [6.45, 7) is 19.5. The van der Waals surface area contributed by atoms with E-state index in [0.29, 0.717) is 56.4 Å². The van der Waals surface area contributed by atoms with Crippen molar-refractivity contribution in [3.63, 3.8) is 0 Å². The number of nitrogens with two attached hydrogens (primary N) is 6. The second-order valence-electron chi connectivity index (χ2n) is 27.5. The average molecular weight is 1470 g/mol. The zero-order chi connectivity index (χ0) is 73.2. The van der Waals surface area contributed by atoms with E-state index in [4.69, 9.17) is 94.7 Å². The summed E-state index contributed by atoms with van der Waals surface area (Å²) in [6, 6.07) is 2.65. The van der Waals surface area contributed by atoms with Crippen molar-refractivity contribution in [2.75, 3.05) is 13.2 Å². The predicted octanol–water partition coefficient (Wildman–Crippen LogP) is 3.73. The van der Waals surface area contributed by atoms with Crippen LogP contribution in [-0.4, -0.2) is 137 Å². The van der Waals surface area contributed by atoms with Gasteiger partial charge in [-0.2, -0.15) is 5.70 Å². The van der Waals surface area contributed by atoms with Crippen molar-refractivity contribution in [3.8, 4) is 0 Å². The summed E-state index contributed by atoms with van der Waals surface area (Å²) in [7, 11) is -5.32. The summed E-state index contributed by atoms with van der Waals surface area (Å²) >= 11 is 4.20. The number of aryl methyl sites for hydroxylation is 2. The Morgan fingerprint density at radius 3 is 1.90 bits per heavy atom. The number of imidazole rings is 1. The van der Waals surface area contributed by atoms with E-state index in [1.807, 2.05) is 80.5 Å². The molecule has 2 saturated heterocycles. The molecule has 8 bridgehead atoms. The van der Waals surface area contributed by atoms with Gasteiger partial charge in [-0.25, -0.2) is 9.55 Å². The average Bonchev–Trinajstić information content (AvgIpc) is 1.53. The Hall–Kier alpha value is -6.56. The van der Waals surface area contributed by atoms with E-state index in [1.54, 1.807) is 6.92 Å². The van der Waals surface area contributed by atoms with Crippen LogP contribution < -0.4 is 44.6 Å². The van der Waals surface area contributed by atoms with Crippen LogP contribution in [0.15, 0.2) is 67.8 Å².